The Morgan fingerprint density at radius 2 is 1.60 bits per heavy atom. The lowest BCUT2D eigenvalue weighted by Gasteiger charge is -2.41. The second kappa shape index (κ2) is 9.33. The molecule has 0 amide bonds. The van der Waals surface area contributed by atoms with E-state index in [0.29, 0.717) is 0 Å². The predicted octanol–water partition coefficient (Wildman–Crippen LogP) is -0.548. The van der Waals surface area contributed by atoms with Crippen molar-refractivity contribution in [2.24, 2.45) is 0 Å². The van der Waals surface area contributed by atoms with Gasteiger partial charge in [0, 0.05) is 34.1 Å². The average molecular weight is 362 g/mol. The van der Waals surface area contributed by atoms with Crippen LogP contribution in [-0.2, 0) is 42.9 Å². The summed E-state index contributed by atoms with van der Waals surface area (Å²) in [6, 6.07) is 0. The summed E-state index contributed by atoms with van der Waals surface area (Å²) in [5.74, 6) is -2.68. The van der Waals surface area contributed by atoms with E-state index in [1.54, 1.807) is 0 Å². The van der Waals surface area contributed by atoms with Gasteiger partial charge < -0.3 is 28.8 Å². The number of carbonyl (C=O) groups is 4. The van der Waals surface area contributed by atoms with Gasteiger partial charge in [0.05, 0.1) is 0 Å². The van der Waals surface area contributed by atoms with Crippen LogP contribution in [0.1, 0.15) is 34.1 Å². The number of rotatable bonds is 6. The summed E-state index contributed by atoms with van der Waals surface area (Å²) < 4.78 is 25.5. The van der Waals surface area contributed by atoms with E-state index in [9.17, 15) is 24.3 Å². The number of aliphatic hydroxyl groups excluding tert-OH is 1. The van der Waals surface area contributed by atoms with Crippen molar-refractivity contribution in [2.75, 3.05) is 6.61 Å². The van der Waals surface area contributed by atoms with Gasteiger partial charge in [-0.1, -0.05) is 0 Å². The number of aliphatic hydroxyl groups is 1. The molecule has 0 aromatic carbocycles. The highest BCUT2D eigenvalue weighted by molar-refractivity contribution is 5.68. The van der Waals surface area contributed by atoms with Gasteiger partial charge in [-0.2, -0.15) is 0 Å². The van der Waals surface area contributed by atoms with Crippen molar-refractivity contribution in [1.29, 1.82) is 0 Å². The van der Waals surface area contributed by atoms with Gasteiger partial charge in [0.2, 0.25) is 0 Å². The number of hydrogen-bond donors (Lipinski definition) is 1. The van der Waals surface area contributed by atoms with E-state index in [0.717, 1.165) is 27.7 Å². The fourth-order valence-corrected chi connectivity index (χ4v) is 2.43. The minimum Gasteiger partial charge on any atom is -0.462 e. The third-order valence-corrected chi connectivity index (χ3v) is 3.19. The van der Waals surface area contributed by atoms with Crippen molar-refractivity contribution < 1.29 is 48.0 Å². The molecule has 0 bridgehead atoms. The lowest BCUT2D eigenvalue weighted by molar-refractivity contribution is -0.268. The number of hydrogen-bond acceptors (Lipinski definition) is 10. The van der Waals surface area contributed by atoms with Crippen molar-refractivity contribution in [3.8, 4) is 0 Å². The second-order valence-corrected chi connectivity index (χ2v) is 5.46. The van der Waals surface area contributed by atoms with Crippen LogP contribution in [0.3, 0.4) is 0 Å². The Bertz CT molecular complexity index is 516. The van der Waals surface area contributed by atoms with E-state index in [2.05, 4.69) is 0 Å². The highest BCUT2D eigenvalue weighted by atomic mass is 16.7. The Hall–Kier alpha value is -2.20. The van der Waals surface area contributed by atoms with Gasteiger partial charge in [-0.15, -0.1) is 0 Å². The third kappa shape index (κ3) is 7.06. The van der Waals surface area contributed by atoms with Crippen LogP contribution >= 0.6 is 0 Å². The molecule has 0 spiro atoms. The van der Waals surface area contributed by atoms with Crippen LogP contribution in [0.25, 0.3) is 0 Å². The SMILES string of the molecule is CC(=O)OC[C@@H](OC(C)=O)[C@H]1O[C@@H](O)C[C@@H](OC(C)=O)[C@H]1OC(C)=O. The maximum absolute atomic E-state index is 11.4. The zero-order valence-corrected chi connectivity index (χ0v) is 14.4. The molecule has 1 fully saturated rings. The van der Waals surface area contributed by atoms with E-state index in [1.165, 1.54) is 0 Å². The number of carbonyl (C=O) groups excluding carboxylic acids is 4. The summed E-state index contributed by atoms with van der Waals surface area (Å²) in [6.07, 6.45) is -6.08. The van der Waals surface area contributed by atoms with Crippen molar-refractivity contribution in [3.05, 3.63) is 0 Å². The first-order valence-electron chi connectivity index (χ1n) is 7.58. The summed E-state index contributed by atoms with van der Waals surface area (Å²) in [6.45, 7) is 4.19. The summed E-state index contributed by atoms with van der Waals surface area (Å²) >= 11 is 0. The quantitative estimate of drug-likeness (QED) is 0.484. The minimum atomic E-state index is -1.36. The maximum Gasteiger partial charge on any atom is 0.303 e. The van der Waals surface area contributed by atoms with E-state index in [4.69, 9.17) is 23.7 Å². The van der Waals surface area contributed by atoms with Crippen LogP contribution in [0.4, 0.5) is 0 Å². The van der Waals surface area contributed by atoms with Crippen molar-refractivity contribution in [3.63, 3.8) is 0 Å². The second-order valence-electron chi connectivity index (χ2n) is 5.46. The number of ether oxygens (including phenoxy) is 5. The zero-order chi connectivity index (χ0) is 19.1. The molecule has 1 N–H and O–H groups in total. The Labute approximate surface area is 144 Å². The molecule has 1 rings (SSSR count). The van der Waals surface area contributed by atoms with Gasteiger partial charge in [-0.05, 0) is 0 Å². The fourth-order valence-electron chi connectivity index (χ4n) is 2.43. The Balaban J connectivity index is 3.09. The lowest BCUT2D eigenvalue weighted by Crippen LogP contribution is -2.57. The molecule has 0 aliphatic carbocycles. The van der Waals surface area contributed by atoms with Crippen molar-refractivity contribution in [1.82, 2.24) is 0 Å². The van der Waals surface area contributed by atoms with Crippen LogP contribution < -0.4 is 0 Å². The van der Waals surface area contributed by atoms with E-state index in [-0.39, 0.29) is 6.42 Å². The molecule has 10 heteroatoms. The van der Waals surface area contributed by atoms with Gasteiger partial charge in [0.15, 0.2) is 18.5 Å². The molecule has 10 nitrogen and oxygen atoms in total. The Morgan fingerprint density at radius 3 is 2.08 bits per heavy atom. The Kier molecular flexibility index (Phi) is 7.78. The molecule has 1 saturated heterocycles. The summed E-state index contributed by atoms with van der Waals surface area (Å²) in [5, 5.41) is 9.87. The molecular formula is C15H22O10. The Morgan fingerprint density at radius 1 is 1.00 bits per heavy atom. The number of esters is 4. The first kappa shape index (κ1) is 20.8. The van der Waals surface area contributed by atoms with Gasteiger partial charge in [-0.25, -0.2) is 0 Å². The molecule has 1 heterocycles. The van der Waals surface area contributed by atoms with Gasteiger partial charge in [0.25, 0.3) is 0 Å². The van der Waals surface area contributed by atoms with Crippen LogP contribution in [-0.4, -0.2) is 66.3 Å². The molecule has 25 heavy (non-hydrogen) atoms. The van der Waals surface area contributed by atoms with Crippen LogP contribution in [0.15, 0.2) is 0 Å². The molecule has 0 aromatic rings. The normalized spacial score (nSPS) is 26.9. The summed E-state index contributed by atoms with van der Waals surface area (Å²) in [4.78, 5) is 45.1. The highest BCUT2D eigenvalue weighted by Crippen LogP contribution is 2.28. The molecule has 0 aromatic heterocycles. The van der Waals surface area contributed by atoms with Crippen molar-refractivity contribution in [2.45, 2.75) is 64.8 Å². The minimum absolute atomic E-state index is 0.144. The van der Waals surface area contributed by atoms with Crippen LogP contribution in [0.2, 0.25) is 0 Å². The van der Waals surface area contributed by atoms with Gasteiger partial charge in [0.1, 0.15) is 18.8 Å². The molecule has 1 aliphatic heterocycles. The first-order chi connectivity index (χ1) is 11.6. The van der Waals surface area contributed by atoms with Gasteiger partial charge in [-0.3, -0.25) is 19.2 Å². The molecule has 5 atom stereocenters. The molecule has 1 aliphatic rings. The summed E-state index contributed by atoms with van der Waals surface area (Å²) in [7, 11) is 0. The molecule has 0 saturated carbocycles. The average Bonchev–Trinajstić information content (AvgIpc) is 2.44. The largest absolute Gasteiger partial charge is 0.462 e. The van der Waals surface area contributed by atoms with Crippen LogP contribution in [0, 0.1) is 0 Å². The van der Waals surface area contributed by atoms with Crippen LogP contribution in [0.5, 0.6) is 0 Å². The fraction of sp³-hybridized carbons (Fsp3) is 0.733. The van der Waals surface area contributed by atoms with E-state index >= 15 is 0 Å². The highest BCUT2D eigenvalue weighted by Gasteiger charge is 2.47. The lowest BCUT2D eigenvalue weighted by atomic mass is 9.96. The molecule has 0 unspecified atom stereocenters. The summed E-state index contributed by atoms with van der Waals surface area (Å²) in [5.41, 5.74) is 0. The standard InChI is InChI=1S/C15H22O10/c1-7(16)21-6-12(23-9(3)18)15-14(24-10(4)19)11(22-8(2)17)5-13(20)25-15/h11-15,20H,5-6H2,1-4H3/t11-,12-,13-,14-,15-/m1/s1. The van der Waals surface area contributed by atoms with E-state index < -0.39 is 61.2 Å². The molecule has 142 valence electrons. The van der Waals surface area contributed by atoms with E-state index in [1.807, 2.05) is 0 Å². The molecular weight excluding hydrogens is 340 g/mol. The predicted molar refractivity (Wildman–Crippen MR) is 78.8 cm³/mol. The zero-order valence-electron chi connectivity index (χ0n) is 14.4. The smallest absolute Gasteiger partial charge is 0.303 e. The monoisotopic (exact) mass is 362 g/mol. The first-order valence-corrected chi connectivity index (χ1v) is 7.58. The topological polar surface area (TPSA) is 135 Å². The van der Waals surface area contributed by atoms with Crippen molar-refractivity contribution >= 4 is 23.9 Å². The maximum atomic E-state index is 11.4. The molecule has 0 radical (unpaired) electrons. The van der Waals surface area contributed by atoms with Gasteiger partial charge >= 0.3 is 23.9 Å². The third-order valence-electron chi connectivity index (χ3n) is 3.19.